The molecule has 0 aliphatic carbocycles. The maximum Gasteiger partial charge on any atom is 0.194 e. The Bertz CT molecular complexity index is 526. The van der Waals surface area contributed by atoms with Crippen LogP contribution in [-0.4, -0.2) is 10.8 Å². The number of hydrogen-bond acceptors (Lipinski definition) is 2. The summed E-state index contributed by atoms with van der Waals surface area (Å²) in [5.74, 6) is -0.135. The van der Waals surface area contributed by atoms with Crippen molar-refractivity contribution in [3.05, 3.63) is 63.9 Å². The predicted molar refractivity (Wildman–Crippen MR) is 64.1 cm³/mol. The van der Waals surface area contributed by atoms with Gasteiger partial charge in [-0.3, -0.25) is 9.78 Å². The Morgan fingerprint density at radius 1 is 1.06 bits per heavy atom. The van der Waals surface area contributed by atoms with Gasteiger partial charge in [0.05, 0.1) is 5.02 Å². The number of benzene rings is 1. The molecule has 0 aliphatic heterocycles. The zero-order valence-corrected chi connectivity index (χ0v) is 9.66. The van der Waals surface area contributed by atoms with Crippen molar-refractivity contribution >= 4 is 29.0 Å². The minimum atomic E-state index is -0.135. The van der Waals surface area contributed by atoms with Gasteiger partial charge in [-0.05, 0) is 30.3 Å². The quantitative estimate of drug-likeness (QED) is 0.764. The van der Waals surface area contributed by atoms with Crippen LogP contribution in [-0.2, 0) is 0 Å². The first-order chi connectivity index (χ1) is 7.68. The minimum Gasteiger partial charge on any atom is -0.289 e. The van der Waals surface area contributed by atoms with Gasteiger partial charge in [-0.15, -0.1) is 0 Å². The third-order valence-electron chi connectivity index (χ3n) is 2.12. The average Bonchev–Trinajstić information content (AvgIpc) is 2.29. The molecule has 0 N–H and O–H groups in total. The van der Waals surface area contributed by atoms with Gasteiger partial charge in [-0.1, -0.05) is 23.2 Å². The summed E-state index contributed by atoms with van der Waals surface area (Å²) >= 11 is 11.7. The lowest BCUT2D eigenvalue weighted by Crippen LogP contribution is -2.01. The Morgan fingerprint density at radius 3 is 2.38 bits per heavy atom. The molecule has 1 heterocycles. The van der Waals surface area contributed by atoms with Crippen molar-refractivity contribution in [2.75, 3.05) is 0 Å². The molecule has 0 fully saturated rings. The second kappa shape index (κ2) is 4.64. The van der Waals surface area contributed by atoms with Gasteiger partial charge in [0.15, 0.2) is 5.78 Å². The molecule has 0 radical (unpaired) electrons. The second-order valence-corrected chi connectivity index (χ2v) is 4.03. The fourth-order valence-electron chi connectivity index (χ4n) is 1.33. The summed E-state index contributed by atoms with van der Waals surface area (Å²) in [7, 11) is 0. The van der Waals surface area contributed by atoms with E-state index in [0.29, 0.717) is 21.2 Å². The lowest BCUT2D eigenvalue weighted by molar-refractivity contribution is 0.103. The molecule has 80 valence electrons. The molecule has 0 amide bonds. The molecule has 4 heteroatoms. The number of rotatable bonds is 2. The van der Waals surface area contributed by atoms with E-state index >= 15 is 0 Å². The van der Waals surface area contributed by atoms with Crippen molar-refractivity contribution in [1.82, 2.24) is 4.98 Å². The first-order valence-corrected chi connectivity index (χ1v) is 5.34. The van der Waals surface area contributed by atoms with E-state index < -0.39 is 0 Å². The summed E-state index contributed by atoms with van der Waals surface area (Å²) < 4.78 is 0. The van der Waals surface area contributed by atoms with Crippen LogP contribution >= 0.6 is 23.2 Å². The van der Waals surface area contributed by atoms with Crippen molar-refractivity contribution in [3.63, 3.8) is 0 Å². The van der Waals surface area contributed by atoms with E-state index in [1.807, 2.05) is 0 Å². The third-order valence-corrected chi connectivity index (χ3v) is 2.67. The number of ketones is 1. The topological polar surface area (TPSA) is 30.0 Å². The zero-order valence-electron chi connectivity index (χ0n) is 8.15. The van der Waals surface area contributed by atoms with E-state index in [1.165, 1.54) is 0 Å². The van der Waals surface area contributed by atoms with Gasteiger partial charge < -0.3 is 0 Å². The van der Waals surface area contributed by atoms with Gasteiger partial charge in [0.2, 0.25) is 0 Å². The minimum absolute atomic E-state index is 0.135. The number of pyridine rings is 1. The average molecular weight is 252 g/mol. The van der Waals surface area contributed by atoms with Crippen LogP contribution in [0.5, 0.6) is 0 Å². The number of halogens is 2. The molecule has 0 unspecified atom stereocenters. The van der Waals surface area contributed by atoms with Crippen molar-refractivity contribution in [3.8, 4) is 0 Å². The highest BCUT2D eigenvalue weighted by atomic mass is 35.5. The van der Waals surface area contributed by atoms with Crippen molar-refractivity contribution < 1.29 is 4.79 Å². The smallest absolute Gasteiger partial charge is 0.194 e. The molecule has 0 bridgehead atoms. The van der Waals surface area contributed by atoms with Gasteiger partial charge in [0.25, 0.3) is 0 Å². The first kappa shape index (κ1) is 11.1. The predicted octanol–water partition coefficient (Wildman–Crippen LogP) is 3.62. The normalized spacial score (nSPS) is 10.1. The number of nitrogens with zero attached hydrogens (tertiary/aromatic N) is 1. The van der Waals surface area contributed by atoms with E-state index in [1.54, 1.807) is 42.7 Å². The van der Waals surface area contributed by atoms with E-state index in [-0.39, 0.29) is 5.78 Å². The van der Waals surface area contributed by atoms with Gasteiger partial charge in [-0.25, -0.2) is 0 Å². The molecule has 0 saturated heterocycles. The Hall–Kier alpha value is -1.38. The Labute approximate surface area is 103 Å². The maximum atomic E-state index is 12.0. The van der Waals surface area contributed by atoms with Crippen LogP contribution < -0.4 is 0 Å². The number of aromatic nitrogens is 1. The van der Waals surface area contributed by atoms with Gasteiger partial charge >= 0.3 is 0 Å². The Morgan fingerprint density at radius 2 is 1.75 bits per heavy atom. The molecule has 2 rings (SSSR count). The molecular formula is C12H7Cl2NO. The summed E-state index contributed by atoms with van der Waals surface area (Å²) in [5.41, 5.74) is 0.997. The fraction of sp³-hybridized carbons (Fsp3) is 0. The Kier molecular flexibility index (Phi) is 3.22. The number of hydrogen-bond donors (Lipinski definition) is 0. The van der Waals surface area contributed by atoms with E-state index in [0.717, 1.165) is 0 Å². The largest absolute Gasteiger partial charge is 0.289 e. The summed E-state index contributed by atoms with van der Waals surface area (Å²) in [6.07, 6.45) is 3.13. The second-order valence-electron chi connectivity index (χ2n) is 3.19. The van der Waals surface area contributed by atoms with Crippen LogP contribution in [0.15, 0.2) is 42.7 Å². The third kappa shape index (κ3) is 2.23. The molecule has 2 nitrogen and oxygen atoms in total. The van der Waals surface area contributed by atoms with Crippen molar-refractivity contribution in [1.29, 1.82) is 0 Å². The molecule has 0 aliphatic rings. The van der Waals surface area contributed by atoms with Crippen LogP contribution in [0, 0.1) is 0 Å². The monoisotopic (exact) mass is 251 g/mol. The standard InChI is InChI=1S/C12H7Cl2NO/c13-9-1-2-10(11(14)7-9)12(16)8-3-5-15-6-4-8/h1-7H. The summed E-state index contributed by atoms with van der Waals surface area (Å²) in [5, 5.41) is 0.866. The molecule has 2 aromatic rings. The lowest BCUT2D eigenvalue weighted by atomic mass is 10.0. The van der Waals surface area contributed by atoms with Gasteiger partial charge in [-0.2, -0.15) is 0 Å². The highest BCUT2D eigenvalue weighted by Crippen LogP contribution is 2.23. The zero-order chi connectivity index (χ0) is 11.5. The summed E-state index contributed by atoms with van der Waals surface area (Å²) in [4.78, 5) is 15.9. The molecule has 0 spiro atoms. The molecule has 16 heavy (non-hydrogen) atoms. The van der Waals surface area contributed by atoms with E-state index in [4.69, 9.17) is 23.2 Å². The summed E-state index contributed by atoms with van der Waals surface area (Å²) in [6, 6.07) is 8.10. The van der Waals surface area contributed by atoms with E-state index in [2.05, 4.69) is 4.98 Å². The highest BCUT2D eigenvalue weighted by molar-refractivity contribution is 6.37. The van der Waals surface area contributed by atoms with Crippen LogP contribution in [0.4, 0.5) is 0 Å². The van der Waals surface area contributed by atoms with Crippen LogP contribution in [0.1, 0.15) is 15.9 Å². The lowest BCUT2D eigenvalue weighted by Gasteiger charge is -2.03. The molecule has 1 aromatic heterocycles. The molecule has 0 saturated carbocycles. The highest BCUT2D eigenvalue weighted by Gasteiger charge is 2.12. The number of carbonyl (C=O) groups is 1. The van der Waals surface area contributed by atoms with Crippen LogP contribution in [0.3, 0.4) is 0 Å². The maximum absolute atomic E-state index is 12.0. The van der Waals surface area contributed by atoms with Gasteiger partial charge in [0, 0.05) is 28.5 Å². The molecule has 0 atom stereocenters. The van der Waals surface area contributed by atoms with E-state index in [9.17, 15) is 4.79 Å². The fourth-order valence-corrected chi connectivity index (χ4v) is 1.83. The van der Waals surface area contributed by atoms with Gasteiger partial charge in [0.1, 0.15) is 0 Å². The van der Waals surface area contributed by atoms with Crippen LogP contribution in [0.25, 0.3) is 0 Å². The van der Waals surface area contributed by atoms with Crippen molar-refractivity contribution in [2.24, 2.45) is 0 Å². The molecule has 1 aromatic carbocycles. The van der Waals surface area contributed by atoms with Crippen molar-refractivity contribution in [2.45, 2.75) is 0 Å². The van der Waals surface area contributed by atoms with Crippen LogP contribution in [0.2, 0.25) is 10.0 Å². The first-order valence-electron chi connectivity index (χ1n) is 4.58. The SMILES string of the molecule is O=C(c1ccncc1)c1ccc(Cl)cc1Cl. The number of carbonyl (C=O) groups excluding carboxylic acids is 1. The Balaban J connectivity index is 2.42. The molecular weight excluding hydrogens is 245 g/mol. The summed E-state index contributed by atoms with van der Waals surface area (Å²) in [6.45, 7) is 0.